The number of ether oxygens (including phenoxy) is 1. The number of hydrogen-bond donors (Lipinski definition) is 1. The number of nitrogens with zero attached hydrogens (tertiary/aromatic N) is 4. The Balaban J connectivity index is 1.66. The number of imidazole rings is 1. The monoisotopic (exact) mass is 601 g/mol. The molecule has 0 aliphatic carbocycles. The number of hydrogen-bond acceptors (Lipinski definition) is 12. The van der Waals surface area contributed by atoms with Crippen molar-refractivity contribution in [1.29, 1.82) is 0 Å². The molecule has 0 radical (unpaired) electrons. The van der Waals surface area contributed by atoms with E-state index in [0.717, 1.165) is 23.5 Å². The summed E-state index contributed by atoms with van der Waals surface area (Å²) >= 11 is 2.31. The molecule has 3 rings (SSSR count). The standard InChI is InChI=1S/C25H40N5O6PS2/c1-16-17(12-18(36-16)30-15-29-19-20(26)27-14-28-21(19)30)13-37(33,34-8-10-38-22(31)24(2,3)4)35-9-11-39-23(32)25(5,6)7/h14-18H,8-13H2,1-7H3,(H2,26,27,28). The summed E-state index contributed by atoms with van der Waals surface area (Å²) < 4.78 is 33.6. The van der Waals surface area contributed by atoms with Crippen LogP contribution in [-0.4, -0.2) is 66.7 Å². The Bertz CT molecular complexity index is 1170. The van der Waals surface area contributed by atoms with Crippen LogP contribution in [0.2, 0.25) is 0 Å². The van der Waals surface area contributed by atoms with Crippen LogP contribution < -0.4 is 5.73 Å². The van der Waals surface area contributed by atoms with Gasteiger partial charge in [-0.1, -0.05) is 65.1 Å². The highest BCUT2D eigenvalue weighted by Crippen LogP contribution is 2.53. The van der Waals surface area contributed by atoms with Gasteiger partial charge in [-0.25, -0.2) is 15.0 Å². The number of rotatable bonds is 11. The van der Waals surface area contributed by atoms with E-state index in [1.165, 1.54) is 6.33 Å². The van der Waals surface area contributed by atoms with Crippen molar-refractivity contribution in [2.24, 2.45) is 16.7 Å². The zero-order chi connectivity index (χ0) is 29.0. The maximum Gasteiger partial charge on any atom is 0.331 e. The van der Waals surface area contributed by atoms with Crippen LogP contribution in [0.5, 0.6) is 0 Å². The summed E-state index contributed by atoms with van der Waals surface area (Å²) in [4.78, 5) is 37.1. The van der Waals surface area contributed by atoms with Crippen LogP contribution in [0.1, 0.15) is 61.1 Å². The fourth-order valence-corrected chi connectivity index (χ4v) is 7.69. The lowest BCUT2D eigenvalue weighted by molar-refractivity contribution is -0.118. The summed E-state index contributed by atoms with van der Waals surface area (Å²) in [5.74, 6) is 0.883. The minimum atomic E-state index is -3.57. The maximum absolute atomic E-state index is 13.9. The molecule has 14 heteroatoms. The molecule has 0 saturated carbocycles. The molecule has 2 aromatic heterocycles. The summed E-state index contributed by atoms with van der Waals surface area (Å²) in [5.41, 5.74) is 6.05. The van der Waals surface area contributed by atoms with Gasteiger partial charge >= 0.3 is 7.60 Å². The maximum atomic E-state index is 13.9. The van der Waals surface area contributed by atoms with Crippen LogP contribution in [-0.2, 0) is 27.9 Å². The predicted molar refractivity (Wildman–Crippen MR) is 156 cm³/mol. The molecule has 1 aliphatic rings. The molecule has 2 N–H and O–H groups in total. The molecule has 39 heavy (non-hydrogen) atoms. The fourth-order valence-electron chi connectivity index (χ4n) is 3.83. The van der Waals surface area contributed by atoms with E-state index in [-0.39, 0.29) is 47.9 Å². The molecule has 0 amide bonds. The van der Waals surface area contributed by atoms with Crippen LogP contribution in [0.3, 0.4) is 0 Å². The van der Waals surface area contributed by atoms with Gasteiger partial charge in [0, 0.05) is 28.3 Å². The molecule has 1 fully saturated rings. The second kappa shape index (κ2) is 13.0. The predicted octanol–water partition coefficient (Wildman–Crippen LogP) is 5.17. The molecule has 1 saturated heterocycles. The van der Waals surface area contributed by atoms with Crippen molar-refractivity contribution in [2.75, 3.05) is 36.6 Å². The first-order valence-corrected chi connectivity index (χ1v) is 16.6. The molecule has 1 aliphatic heterocycles. The van der Waals surface area contributed by atoms with Gasteiger partial charge in [-0.15, -0.1) is 0 Å². The summed E-state index contributed by atoms with van der Waals surface area (Å²) in [6.45, 7) is 13.3. The largest absolute Gasteiger partial charge is 0.382 e. The molecule has 0 aromatic carbocycles. The Morgan fingerprint density at radius 1 is 1.05 bits per heavy atom. The highest BCUT2D eigenvalue weighted by molar-refractivity contribution is 8.14. The summed E-state index contributed by atoms with van der Waals surface area (Å²) in [5, 5.41) is 0.0770. The molecule has 0 bridgehead atoms. The summed E-state index contributed by atoms with van der Waals surface area (Å²) in [6, 6.07) is 0. The van der Waals surface area contributed by atoms with Crippen molar-refractivity contribution in [2.45, 2.75) is 67.2 Å². The summed E-state index contributed by atoms with van der Waals surface area (Å²) in [6.07, 6.45) is 3.08. The highest BCUT2D eigenvalue weighted by atomic mass is 32.2. The number of anilines is 1. The Morgan fingerprint density at radius 3 is 2.15 bits per heavy atom. The van der Waals surface area contributed by atoms with Crippen molar-refractivity contribution >= 4 is 58.3 Å². The van der Waals surface area contributed by atoms with Crippen molar-refractivity contribution in [1.82, 2.24) is 19.5 Å². The lowest BCUT2D eigenvalue weighted by Gasteiger charge is -2.23. The lowest BCUT2D eigenvalue weighted by Crippen LogP contribution is -2.20. The number of fused-ring (bicyclic) bond motifs is 1. The van der Waals surface area contributed by atoms with Crippen LogP contribution in [0.15, 0.2) is 12.7 Å². The van der Waals surface area contributed by atoms with Gasteiger partial charge in [0.2, 0.25) is 0 Å². The van der Waals surface area contributed by atoms with Gasteiger partial charge < -0.3 is 19.5 Å². The number of nitrogen functional groups attached to an aromatic ring is 1. The molecule has 3 atom stereocenters. The van der Waals surface area contributed by atoms with Crippen LogP contribution in [0, 0.1) is 16.7 Å². The number of carbonyl (C=O) groups is 2. The van der Waals surface area contributed by atoms with Gasteiger partial charge in [-0.2, -0.15) is 0 Å². The molecule has 0 spiro atoms. The Hall–Kier alpha value is -1.50. The minimum Gasteiger partial charge on any atom is -0.382 e. The normalized spacial score (nSPS) is 20.5. The Labute approximate surface area is 238 Å². The van der Waals surface area contributed by atoms with E-state index in [2.05, 4.69) is 15.0 Å². The van der Waals surface area contributed by atoms with E-state index in [9.17, 15) is 14.2 Å². The third-order valence-electron chi connectivity index (χ3n) is 6.13. The second-order valence-electron chi connectivity index (χ2n) is 11.6. The van der Waals surface area contributed by atoms with Crippen LogP contribution >= 0.6 is 31.1 Å². The van der Waals surface area contributed by atoms with Crippen molar-refractivity contribution in [3.8, 4) is 0 Å². The molecule has 3 heterocycles. The van der Waals surface area contributed by atoms with E-state index in [0.29, 0.717) is 34.9 Å². The molecular weight excluding hydrogens is 561 g/mol. The summed E-state index contributed by atoms with van der Waals surface area (Å²) in [7, 11) is -3.57. The Morgan fingerprint density at radius 2 is 1.62 bits per heavy atom. The van der Waals surface area contributed by atoms with E-state index in [4.69, 9.17) is 19.5 Å². The van der Waals surface area contributed by atoms with E-state index < -0.39 is 18.4 Å². The molecular formula is C25H40N5O6PS2. The lowest BCUT2D eigenvalue weighted by atomic mass is 9.99. The topological polar surface area (TPSA) is 149 Å². The third-order valence-corrected chi connectivity index (χ3v) is 10.7. The van der Waals surface area contributed by atoms with E-state index in [1.807, 2.05) is 48.5 Å². The van der Waals surface area contributed by atoms with Gasteiger partial charge in [-0.05, 0) is 13.3 Å². The number of aromatic nitrogens is 4. The van der Waals surface area contributed by atoms with Crippen LogP contribution in [0.25, 0.3) is 11.2 Å². The first kappa shape index (κ1) is 32.0. The van der Waals surface area contributed by atoms with E-state index >= 15 is 0 Å². The molecule has 11 nitrogen and oxygen atoms in total. The highest BCUT2D eigenvalue weighted by Gasteiger charge is 2.40. The molecule has 2 aromatic rings. The van der Waals surface area contributed by atoms with Gasteiger partial charge in [0.1, 0.15) is 18.1 Å². The Kier molecular flexibility index (Phi) is 10.7. The first-order chi connectivity index (χ1) is 18.1. The fraction of sp³-hybridized carbons (Fsp3) is 0.720. The average molecular weight is 602 g/mol. The molecule has 218 valence electrons. The van der Waals surface area contributed by atoms with Gasteiger partial charge in [0.25, 0.3) is 0 Å². The number of thioether (sulfide) groups is 2. The SMILES string of the molecule is CC1OC(n2cnc3c(N)ncnc32)CC1CP(=O)(OCCSC(=O)C(C)(C)C)OCCSC(=O)C(C)(C)C. The average Bonchev–Trinajstić information content (AvgIpc) is 3.42. The van der Waals surface area contributed by atoms with Gasteiger partial charge in [0.05, 0.1) is 31.8 Å². The smallest absolute Gasteiger partial charge is 0.331 e. The van der Waals surface area contributed by atoms with Crippen LogP contribution in [0.4, 0.5) is 5.82 Å². The quantitative estimate of drug-likeness (QED) is 0.267. The van der Waals surface area contributed by atoms with Gasteiger partial charge in [-0.3, -0.25) is 18.7 Å². The van der Waals surface area contributed by atoms with E-state index in [1.54, 1.807) is 10.9 Å². The van der Waals surface area contributed by atoms with Crippen molar-refractivity contribution in [3.05, 3.63) is 12.7 Å². The zero-order valence-corrected chi connectivity index (χ0v) is 26.2. The second-order valence-corrected chi connectivity index (χ2v) is 15.8. The zero-order valence-electron chi connectivity index (χ0n) is 23.7. The van der Waals surface area contributed by atoms with Crippen molar-refractivity contribution in [3.63, 3.8) is 0 Å². The number of carbonyl (C=O) groups excluding carboxylic acids is 2. The van der Waals surface area contributed by atoms with Crippen molar-refractivity contribution < 1.29 is 27.9 Å². The number of nitrogens with two attached hydrogens (primary N) is 1. The molecule has 3 unspecified atom stereocenters. The van der Waals surface area contributed by atoms with Gasteiger partial charge in [0.15, 0.2) is 21.7 Å². The third kappa shape index (κ3) is 8.74. The minimum absolute atomic E-state index is 0.0385. The first-order valence-electron chi connectivity index (χ1n) is 12.9.